The number of nitrogens with zero attached hydrogens (tertiary/aromatic N) is 5. The van der Waals surface area contributed by atoms with Gasteiger partial charge in [-0.2, -0.15) is 8.42 Å². The van der Waals surface area contributed by atoms with E-state index in [9.17, 15) is 42.2 Å². The van der Waals surface area contributed by atoms with E-state index in [4.69, 9.17) is 28.3 Å². The van der Waals surface area contributed by atoms with Crippen molar-refractivity contribution in [2.75, 3.05) is 11.9 Å². The number of aromatic nitrogens is 3. The summed E-state index contributed by atoms with van der Waals surface area (Å²) in [5.74, 6) is -5.43. The van der Waals surface area contributed by atoms with Crippen LogP contribution in [0.15, 0.2) is 94.1 Å². The number of anilines is 1. The van der Waals surface area contributed by atoms with E-state index < -0.39 is 93.2 Å². The summed E-state index contributed by atoms with van der Waals surface area (Å²) in [5, 5.41) is 25.1. The van der Waals surface area contributed by atoms with Crippen LogP contribution in [0.4, 0.5) is 9.93 Å². The van der Waals surface area contributed by atoms with Crippen LogP contribution in [0.5, 0.6) is 11.5 Å². The van der Waals surface area contributed by atoms with Gasteiger partial charge >= 0.3 is 22.4 Å². The number of oxime groups is 1. The summed E-state index contributed by atoms with van der Waals surface area (Å²) in [6, 6.07) is 19.7. The van der Waals surface area contributed by atoms with E-state index in [0.717, 1.165) is 22.5 Å². The Hall–Kier alpha value is -7.44. The Morgan fingerprint density at radius 2 is 1.49 bits per heavy atom. The second-order valence-electron chi connectivity index (χ2n) is 18.2. The molecule has 4 heterocycles. The lowest BCUT2D eigenvalue weighted by Crippen LogP contribution is -2.66. The number of β-lactam (4-membered cyclic amide) rings is 1. The molecule has 2 atom stereocenters. The molecule has 6 rings (SSSR count). The first-order chi connectivity index (χ1) is 32.8. The Morgan fingerprint density at radius 3 is 2.07 bits per heavy atom. The number of ketones is 1. The van der Waals surface area contributed by atoms with E-state index in [0.29, 0.717) is 4.73 Å². The van der Waals surface area contributed by atoms with Crippen LogP contribution in [0.25, 0.3) is 11.4 Å². The molecule has 1 aliphatic rings. The van der Waals surface area contributed by atoms with Gasteiger partial charge in [-0.15, -0.1) is 11.3 Å². The van der Waals surface area contributed by atoms with Crippen LogP contribution in [0.2, 0.25) is 0 Å². The molecule has 1 fully saturated rings. The molecule has 0 unspecified atom stereocenters. The van der Waals surface area contributed by atoms with Crippen molar-refractivity contribution in [1.29, 1.82) is 0 Å². The molecule has 0 bridgehead atoms. The number of ether oxygens (including phenoxy) is 4. The largest absolute Gasteiger partial charge is 0.484 e. The lowest BCUT2D eigenvalue weighted by Gasteiger charge is -2.43. The zero-order chi connectivity index (χ0) is 51.2. The summed E-state index contributed by atoms with van der Waals surface area (Å²) in [4.78, 5) is 76.2. The Labute approximate surface area is 406 Å². The molecule has 0 spiro atoms. The number of carbonyl (C=O) groups excluding carboxylic acids is 5. The number of benzene rings is 2. The number of thiazole rings is 1. The first-order valence-electron chi connectivity index (χ1n) is 21.4. The van der Waals surface area contributed by atoms with Crippen molar-refractivity contribution >= 4 is 62.1 Å². The molecule has 3 amide bonds. The number of Topliss-reactive ketones (excluding diaryl/α,β-unsaturated/α-hetero) is 1. The maximum Gasteiger partial charge on any atom is 0.413 e. The van der Waals surface area contributed by atoms with Crippen LogP contribution in [-0.2, 0) is 52.2 Å². The quantitative estimate of drug-likeness (QED) is 0.0147. The number of rotatable bonds is 19. The number of nitrogens with one attached hydrogen (secondary N) is 2. The molecular weight excluding hydrogens is 955 g/mol. The van der Waals surface area contributed by atoms with Crippen molar-refractivity contribution in [3.63, 3.8) is 0 Å². The molecule has 5 aromatic rings. The van der Waals surface area contributed by atoms with Gasteiger partial charge in [-0.25, -0.2) is 18.9 Å². The third kappa shape index (κ3) is 13.6. The average molecular weight is 1010 g/mol. The maximum absolute atomic E-state index is 14.1. The highest BCUT2D eigenvalue weighted by atomic mass is 32.2. The van der Waals surface area contributed by atoms with E-state index in [1.807, 2.05) is 60.7 Å². The second kappa shape index (κ2) is 21.1. The van der Waals surface area contributed by atoms with Gasteiger partial charge in [0, 0.05) is 29.1 Å². The number of amides is 3. The minimum absolute atomic E-state index is 0.0161. The molecule has 0 aliphatic carbocycles. The van der Waals surface area contributed by atoms with Gasteiger partial charge in [0.15, 0.2) is 28.1 Å². The van der Waals surface area contributed by atoms with Crippen LogP contribution in [-0.4, -0.2) is 97.4 Å². The predicted octanol–water partition coefficient (Wildman–Crippen LogP) is 5.69. The van der Waals surface area contributed by atoms with Gasteiger partial charge in [0.1, 0.15) is 30.1 Å². The lowest BCUT2D eigenvalue weighted by molar-refractivity contribution is -0.896. The van der Waals surface area contributed by atoms with E-state index in [-0.39, 0.29) is 51.2 Å². The summed E-state index contributed by atoms with van der Waals surface area (Å²) >= 11 is 0.875. The highest BCUT2D eigenvalue weighted by Crippen LogP contribution is 2.34. The smallest absolute Gasteiger partial charge is 0.413 e. The normalized spacial score (nSPS) is 15.4. The Balaban J connectivity index is 1.21. The maximum atomic E-state index is 14.1. The van der Waals surface area contributed by atoms with Gasteiger partial charge in [0.2, 0.25) is 23.0 Å². The van der Waals surface area contributed by atoms with Crippen molar-refractivity contribution in [2.24, 2.45) is 11.1 Å². The number of hydrogen-bond donors (Lipinski definition) is 4. The van der Waals surface area contributed by atoms with Crippen molar-refractivity contribution in [2.45, 2.75) is 97.9 Å². The van der Waals surface area contributed by atoms with Crippen molar-refractivity contribution in [1.82, 2.24) is 19.8 Å². The minimum Gasteiger partial charge on any atom is -0.484 e. The van der Waals surface area contributed by atoms with Crippen LogP contribution in [0.3, 0.4) is 0 Å². The Morgan fingerprint density at radius 1 is 0.886 bits per heavy atom. The van der Waals surface area contributed by atoms with Gasteiger partial charge in [0.25, 0.3) is 17.8 Å². The first kappa shape index (κ1) is 51.9. The van der Waals surface area contributed by atoms with E-state index in [1.165, 1.54) is 37.6 Å². The molecule has 3 aromatic heterocycles. The summed E-state index contributed by atoms with van der Waals surface area (Å²) in [6.07, 6.45) is -0.369. The average Bonchev–Trinajstić information content (AvgIpc) is 3.95. The highest BCUT2D eigenvalue weighted by molar-refractivity contribution is 7.84. The van der Waals surface area contributed by atoms with E-state index in [1.54, 1.807) is 41.5 Å². The number of pyridine rings is 1. The zero-order valence-corrected chi connectivity index (χ0v) is 41.0. The fourth-order valence-corrected chi connectivity index (χ4v) is 8.06. The monoisotopic (exact) mass is 1010 g/mol. The van der Waals surface area contributed by atoms with Gasteiger partial charge in [0.05, 0.1) is 18.0 Å². The second-order valence-corrected chi connectivity index (χ2v) is 20.3. The molecule has 0 saturated carbocycles. The van der Waals surface area contributed by atoms with E-state index in [2.05, 4.69) is 25.9 Å². The van der Waals surface area contributed by atoms with Crippen LogP contribution >= 0.6 is 11.3 Å². The zero-order valence-electron chi connectivity index (χ0n) is 39.3. The molecule has 1 aliphatic heterocycles. The lowest BCUT2D eigenvalue weighted by atomic mass is 9.84. The molecule has 0 radical (unpaired) electrons. The first-order valence-corrected chi connectivity index (χ1v) is 23.7. The third-order valence-electron chi connectivity index (χ3n) is 9.77. The Kier molecular flexibility index (Phi) is 15.6. The topological polar surface area (TPSA) is 289 Å². The molecule has 372 valence electrons. The van der Waals surface area contributed by atoms with Crippen molar-refractivity contribution in [3.8, 4) is 22.9 Å². The Bertz CT molecular complexity index is 2870. The molecule has 70 heavy (non-hydrogen) atoms. The fourth-order valence-electron chi connectivity index (χ4n) is 6.45. The van der Waals surface area contributed by atoms with Crippen LogP contribution in [0.1, 0.15) is 89.2 Å². The van der Waals surface area contributed by atoms with Gasteiger partial charge in [-0.05, 0) is 66.5 Å². The summed E-state index contributed by atoms with van der Waals surface area (Å²) in [6.45, 7) is 12.2. The minimum atomic E-state index is -5.22. The SMILES string of the molecule is CC(C)(C)OC(=O)Nc1nc(/C(=N/OC(C)(C)C(=O)OC(C)(C)C)C(=O)C[C@@H]2C(=O)N(S(=O)(=O)O)[C@@H]2CNC(=O)c2cc(-c3cc(OCc4ccccc4)c(OCc4ccccc4)c[n+]3O)no2)cs1. The van der Waals surface area contributed by atoms with Crippen LogP contribution < -0.4 is 24.8 Å². The molecule has 2 aromatic carbocycles. The summed E-state index contributed by atoms with van der Waals surface area (Å²) < 4.78 is 63.8. The number of hydrogen-bond acceptors (Lipinski definition) is 18. The molecule has 24 heteroatoms. The van der Waals surface area contributed by atoms with E-state index >= 15 is 0 Å². The summed E-state index contributed by atoms with van der Waals surface area (Å²) in [7, 11) is -5.22. The highest BCUT2D eigenvalue weighted by Gasteiger charge is 2.54. The summed E-state index contributed by atoms with van der Waals surface area (Å²) in [5.41, 5.74) is -2.58. The van der Waals surface area contributed by atoms with Crippen molar-refractivity contribution in [3.05, 3.63) is 107 Å². The third-order valence-corrected chi connectivity index (χ3v) is 11.5. The molecule has 1 saturated heterocycles. The molecule has 4 N–H and O–H groups in total. The van der Waals surface area contributed by atoms with Gasteiger partial charge in [-0.1, -0.05) is 71.0 Å². The fraction of sp³-hybridized carbons (Fsp3) is 0.370. The van der Waals surface area contributed by atoms with Gasteiger partial charge < -0.3 is 33.6 Å². The number of carbonyl (C=O) groups is 5. The van der Waals surface area contributed by atoms with Crippen LogP contribution in [0, 0.1) is 5.92 Å². The molecule has 22 nitrogen and oxygen atoms in total. The molecular formula is C46H52N7O15S2+. The predicted molar refractivity (Wildman–Crippen MR) is 248 cm³/mol. The van der Waals surface area contributed by atoms with Gasteiger partial charge in [-0.3, -0.25) is 29.5 Å². The standard InChI is InChI=1S/C46H51N7O15S2/c1-44(2,3)65-41(57)46(7,8)68-51-38(31-26-69-42(48-31)49-43(58)66-45(4,5)6)34(54)19-29-33(53(40(29)56)70(60,61)62)22-47-39(55)36-20-30(50-67-36)32-21-35(63-24-27-15-11-9-12-16-27)37(23-52(32)59)64-25-28-17-13-10-14-18-28/h9-18,20-21,23,26,29,33H,19,22,24-25H2,1-8H3,(H3-,47,48,49,50,55,58,59,60,61,62)/p+1/b51-38-/t29-,33+/m0/s1. The van der Waals surface area contributed by atoms with Crippen molar-refractivity contribution < 1.29 is 75.2 Å². The number of esters is 1.